The highest BCUT2D eigenvalue weighted by Gasteiger charge is 2.33. The van der Waals surface area contributed by atoms with Gasteiger partial charge in [-0.15, -0.1) is 0 Å². The Bertz CT molecular complexity index is 919. The molecule has 0 spiro atoms. The van der Waals surface area contributed by atoms with Gasteiger partial charge in [-0.25, -0.2) is 14.8 Å². The van der Waals surface area contributed by atoms with Crippen LogP contribution in [0, 0.1) is 0 Å². The number of rotatable bonds is 5. The van der Waals surface area contributed by atoms with Crippen molar-refractivity contribution in [3.05, 3.63) is 69.4 Å². The minimum atomic E-state index is -0.679. The molecule has 0 bridgehead atoms. The van der Waals surface area contributed by atoms with Gasteiger partial charge in [0.05, 0.1) is 12.2 Å². The van der Waals surface area contributed by atoms with E-state index in [-0.39, 0.29) is 6.61 Å². The number of aromatic nitrogens is 2. The second kappa shape index (κ2) is 8.82. The number of hydrogen-bond donors (Lipinski definition) is 1. The van der Waals surface area contributed by atoms with E-state index in [9.17, 15) is 4.79 Å². The molecular formula is C18H15BrCl2N4O2. The molecule has 9 heteroatoms. The number of carbonyl (C=O) groups is 1. The largest absolute Gasteiger partial charge is 0.463 e. The third-order valence-corrected chi connectivity index (χ3v) is 4.91. The average molecular weight is 470 g/mol. The molecule has 0 saturated carbocycles. The number of amidine groups is 1. The number of carbonyl (C=O) groups excluding carboxylic acids is 1. The van der Waals surface area contributed by atoms with Crippen LogP contribution in [0.1, 0.15) is 24.4 Å². The molecule has 0 saturated heterocycles. The summed E-state index contributed by atoms with van der Waals surface area (Å²) in [4.78, 5) is 25.8. The molecule has 3 rings (SSSR count). The lowest BCUT2D eigenvalue weighted by atomic mass is 9.96. The molecule has 1 aromatic heterocycles. The van der Waals surface area contributed by atoms with Gasteiger partial charge in [0, 0.05) is 39.0 Å². The van der Waals surface area contributed by atoms with Crippen molar-refractivity contribution in [3.63, 3.8) is 0 Å². The molecule has 0 amide bonds. The third-order valence-electron chi connectivity index (χ3n) is 3.79. The minimum absolute atomic E-state index is 0.247. The average Bonchev–Trinajstić information content (AvgIpc) is 2.68. The SMILES string of the molecule is CCOC(=O)C1=C(CBr)NC(c2ncccn2)=NC1c1ccc(Cl)cc1Cl. The highest BCUT2D eigenvalue weighted by atomic mass is 79.9. The first-order chi connectivity index (χ1) is 13.0. The lowest BCUT2D eigenvalue weighted by Crippen LogP contribution is -2.35. The highest BCUT2D eigenvalue weighted by Crippen LogP contribution is 2.37. The molecular weight excluding hydrogens is 455 g/mol. The summed E-state index contributed by atoms with van der Waals surface area (Å²) in [6.07, 6.45) is 3.24. The minimum Gasteiger partial charge on any atom is -0.463 e. The molecule has 1 N–H and O–H groups in total. The second-order valence-corrected chi connectivity index (χ2v) is 6.89. The van der Waals surface area contributed by atoms with Crippen LogP contribution < -0.4 is 5.32 Å². The smallest absolute Gasteiger partial charge is 0.338 e. The molecule has 27 heavy (non-hydrogen) atoms. The fraction of sp³-hybridized carbons (Fsp3) is 0.222. The van der Waals surface area contributed by atoms with Crippen molar-refractivity contribution in [2.24, 2.45) is 4.99 Å². The van der Waals surface area contributed by atoms with Crippen molar-refractivity contribution in [1.82, 2.24) is 15.3 Å². The molecule has 1 aliphatic heterocycles. The van der Waals surface area contributed by atoms with Crippen molar-refractivity contribution >= 4 is 50.9 Å². The van der Waals surface area contributed by atoms with E-state index in [0.29, 0.717) is 43.9 Å². The van der Waals surface area contributed by atoms with Crippen LogP contribution in [-0.2, 0) is 9.53 Å². The summed E-state index contributed by atoms with van der Waals surface area (Å²) in [5.41, 5.74) is 1.62. The molecule has 1 unspecified atom stereocenters. The normalized spacial score (nSPS) is 16.6. The van der Waals surface area contributed by atoms with Crippen LogP contribution in [0.2, 0.25) is 10.0 Å². The molecule has 6 nitrogen and oxygen atoms in total. The van der Waals surface area contributed by atoms with E-state index in [1.165, 1.54) is 0 Å². The lowest BCUT2D eigenvalue weighted by Gasteiger charge is -2.27. The Morgan fingerprint density at radius 2 is 2.04 bits per heavy atom. The quantitative estimate of drug-likeness (QED) is 0.527. The Labute approximate surface area is 174 Å². The van der Waals surface area contributed by atoms with Crippen LogP contribution in [0.3, 0.4) is 0 Å². The number of nitrogens with zero attached hydrogens (tertiary/aromatic N) is 3. The van der Waals surface area contributed by atoms with Gasteiger partial charge in [0.2, 0.25) is 0 Å². The standard InChI is InChI=1S/C18H15BrCl2N4O2/c1-2-27-18(26)14-13(9-19)24-17(16-22-6-3-7-23-16)25-15(14)11-5-4-10(20)8-12(11)21/h3-8,15H,2,9H2,1H3,(H,24,25). The monoisotopic (exact) mass is 468 g/mol. The van der Waals surface area contributed by atoms with Gasteiger partial charge in [-0.05, 0) is 25.1 Å². The summed E-state index contributed by atoms with van der Waals surface area (Å²) >= 11 is 15.8. The van der Waals surface area contributed by atoms with Gasteiger partial charge in [-0.3, -0.25) is 4.99 Å². The zero-order valence-electron chi connectivity index (χ0n) is 14.2. The molecule has 0 radical (unpaired) electrons. The van der Waals surface area contributed by atoms with Crippen LogP contribution in [0.5, 0.6) is 0 Å². The van der Waals surface area contributed by atoms with Gasteiger partial charge in [-0.1, -0.05) is 45.2 Å². The van der Waals surface area contributed by atoms with E-state index in [2.05, 4.69) is 36.2 Å². The second-order valence-electron chi connectivity index (χ2n) is 5.49. The summed E-state index contributed by atoms with van der Waals surface area (Å²) in [7, 11) is 0. The van der Waals surface area contributed by atoms with Crippen molar-refractivity contribution in [2.75, 3.05) is 11.9 Å². The van der Waals surface area contributed by atoms with Gasteiger partial charge in [0.1, 0.15) is 6.04 Å². The topological polar surface area (TPSA) is 76.5 Å². The lowest BCUT2D eigenvalue weighted by molar-refractivity contribution is -0.138. The Balaban J connectivity index is 2.16. The molecule has 0 fully saturated rings. The number of ether oxygens (including phenoxy) is 1. The Hall–Kier alpha value is -1.96. The number of nitrogens with one attached hydrogen (secondary N) is 1. The van der Waals surface area contributed by atoms with E-state index in [4.69, 9.17) is 27.9 Å². The van der Waals surface area contributed by atoms with Gasteiger partial charge in [0.15, 0.2) is 11.7 Å². The first-order valence-electron chi connectivity index (χ1n) is 8.08. The maximum Gasteiger partial charge on any atom is 0.338 e. The van der Waals surface area contributed by atoms with E-state index in [1.807, 2.05) is 0 Å². The van der Waals surface area contributed by atoms with Crippen molar-refractivity contribution in [2.45, 2.75) is 13.0 Å². The fourth-order valence-corrected chi connectivity index (χ4v) is 3.59. The molecule has 1 aliphatic rings. The van der Waals surface area contributed by atoms with E-state index in [0.717, 1.165) is 0 Å². The number of alkyl halides is 1. The van der Waals surface area contributed by atoms with Crippen LogP contribution >= 0.6 is 39.1 Å². The number of esters is 1. The molecule has 140 valence electrons. The van der Waals surface area contributed by atoms with Gasteiger partial charge < -0.3 is 10.1 Å². The van der Waals surface area contributed by atoms with Crippen LogP contribution in [0.15, 0.2) is 52.9 Å². The zero-order chi connectivity index (χ0) is 19.4. The molecule has 1 atom stereocenters. The summed E-state index contributed by atoms with van der Waals surface area (Å²) in [6.45, 7) is 2.00. The Morgan fingerprint density at radius 1 is 1.30 bits per heavy atom. The van der Waals surface area contributed by atoms with Gasteiger partial charge >= 0.3 is 5.97 Å². The van der Waals surface area contributed by atoms with E-state index >= 15 is 0 Å². The molecule has 2 heterocycles. The molecule has 0 aliphatic carbocycles. The van der Waals surface area contributed by atoms with Crippen molar-refractivity contribution in [1.29, 1.82) is 0 Å². The number of aliphatic imine (C=N–C) groups is 1. The fourth-order valence-electron chi connectivity index (χ4n) is 2.63. The number of allylic oxidation sites excluding steroid dienone is 1. The van der Waals surface area contributed by atoms with Crippen molar-refractivity contribution < 1.29 is 9.53 Å². The zero-order valence-corrected chi connectivity index (χ0v) is 17.3. The van der Waals surface area contributed by atoms with Crippen molar-refractivity contribution in [3.8, 4) is 0 Å². The number of benzene rings is 1. The Morgan fingerprint density at radius 3 is 2.67 bits per heavy atom. The van der Waals surface area contributed by atoms with Crippen LogP contribution in [0.4, 0.5) is 0 Å². The maximum absolute atomic E-state index is 12.7. The predicted octanol–water partition coefficient (Wildman–Crippen LogP) is 4.09. The summed E-state index contributed by atoms with van der Waals surface area (Å²) in [6, 6.07) is 6.10. The number of halogens is 3. The van der Waals surface area contributed by atoms with Crippen LogP contribution in [-0.4, -0.2) is 33.7 Å². The summed E-state index contributed by atoms with van der Waals surface area (Å²) in [5.74, 6) is 0.385. The molecule has 1 aromatic carbocycles. The summed E-state index contributed by atoms with van der Waals surface area (Å²) < 4.78 is 5.24. The summed E-state index contributed by atoms with van der Waals surface area (Å²) in [5, 5.41) is 4.41. The van der Waals surface area contributed by atoms with E-state index in [1.54, 1.807) is 43.6 Å². The van der Waals surface area contributed by atoms with Gasteiger partial charge in [-0.2, -0.15) is 0 Å². The first kappa shape index (κ1) is 19.8. The molecule has 2 aromatic rings. The van der Waals surface area contributed by atoms with E-state index < -0.39 is 12.0 Å². The number of hydrogen-bond acceptors (Lipinski definition) is 6. The predicted molar refractivity (Wildman–Crippen MR) is 108 cm³/mol. The van der Waals surface area contributed by atoms with Gasteiger partial charge in [0.25, 0.3) is 0 Å². The maximum atomic E-state index is 12.7. The third kappa shape index (κ3) is 4.31. The highest BCUT2D eigenvalue weighted by molar-refractivity contribution is 9.09. The van der Waals surface area contributed by atoms with Crippen LogP contribution in [0.25, 0.3) is 0 Å². The Kier molecular flexibility index (Phi) is 6.46. The first-order valence-corrected chi connectivity index (χ1v) is 9.96.